The molecule has 8 heteroatoms. The first-order valence-electron chi connectivity index (χ1n) is 10.6. The zero-order valence-corrected chi connectivity index (χ0v) is 19.9. The highest BCUT2D eigenvalue weighted by Crippen LogP contribution is 2.28. The predicted octanol–water partition coefficient (Wildman–Crippen LogP) is 4.94. The molecule has 1 saturated heterocycles. The van der Waals surface area contributed by atoms with Gasteiger partial charge in [0, 0.05) is 30.3 Å². The van der Waals surface area contributed by atoms with Crippen LogP contribution in [0.4, 0.5) is 5.69 Å². The second-order valence-corrected chi connectivity index (χ2v) is 10.5. The monoisotopic (exact) mass is 484 g/mol. The lowest BCUT2D eigenvalue weighted by Crippen LogP contribution is -2.49. The number of carboxylic acid groups (broad SMARTS) is 1. The normalized spacial score (nSPS) is 14.6. The van der Waals surface area contributed by atoms with Gasteiger partial charge in [-0.15, -0.1) is 0 Å². The largest absolute Gasteiger partial charge is 0.481 e. The summed E-state index contributed by atoms with van der Waals surface area (Å²) in [4.78, 5) is 13.3. The van der Waals surface area contributed by atoms with Gasteiger partial charge in [-0.3, -0.25) is 14.4 Å². The Labute approximate surface area is 198 Å². The number of likely N-dealkylation sites (tertiary alicyclic amines) is 1. The number of aliphatic carboxylic acids is 1. The fourth-order valence-electron chi connectivity index (χ4n) is 3.93. The molecule has 0 unspecified atom stereocenters. The molecule has 0 bridgehead atoms. The van der Waals surface area contributed by atoms with E-state index in [2.05, 4.69) is 9.62 Å². The lowest BCUT2D eigenvalue weighted by Gasteiger charge is -2.36. The Morgan fingerprint density at radius 1 is 1.03 bits per heavy atom. The van der Waals surface area contributed by atoms with E-state index in [-0.39, 0.29) is 10.8 Å². The van der Waals surface area contributed by atoms with Crippen LogP contribution in [0.15, 0.2) is 65.6 Å². The number of carboxylic acids is 1. The Bertz CT molecular complexity index is 1300. The zero-order chi connectivity index (χ0) is 23.8. The molecule has 0 saturated carbocycles. The smallest absolute Gasteiger partial charge is 0.309 e. The quantitative estimate of drug-likeness (QED) is 0.496. The fraction of sp³-hybridized carbons (Fsp3) is 0.240. The van der Waals surface area contributed by atoms with E-state index >= 15 is 0 Å². The molecule has 2 N–H and O–H groups in total. The Balaban J connectivity index is 1.48. The number of sulfonamides is 1. The minimum absolute atomic E-state index is 0.204. The standard InChI is InChI=1S/C25H25ClN2O4S/c1-16-11-24(17(2)10-23(16)26)33(31,32)27-22-5-3-4-20(12-22)19-8-6-18(7-9-19)13-28-14-21(15-28)25(29)30/h3-12,21,27H,13-15H2,1-2H3,(H,29,30). The molecular weight excluding hydrogens is 460 g/mol. The van der Waals surface area contributed by atoms with Gasteiger partial charge in [0.15, 0.2) is 0 Å². The SMILES string of the molecule is Cc1cc(S(=O)(=O)Nc2cccc(-c3ccc(CN4CC(C(=O)O)C4)cc3)c2)c(C)cc1Cl. The van der Waals surface area contributed by atoms with Crippen molar-refractivity contribution in [1.29, 1.82) is 0 Å². The molecule has 0 spiro atoms. The van der Waals surface area contributed by atoms with E-state index in [0.29, 0.717) is 41.5 Å². The van der Waals surface area contributed by atoms with Crippen molar-refractivity contribution in [1.82, 2.24) is 4.90 Å². The number of halogens is 1. The second kappa shape index (κ2) is 9.17. The first-order valence-corrected chi connectivity index (χ1v) is 12.4. The summed E-state index contributed by atoms with van der Waals surface area (Å²) in [5, 5.41) is 9.53. The number of anilines is 1. The summed E-state index contributed by atoms with van der Waals surface area (Å²) in [5.41, 5.74) is 4.72. The van der Waals surface area contributed by atoms with Gasteiger partial charge in [0.2, 0.25) is 0 Å². The summed E-state index contributed by atoms with van der Waals surface area (Å²) < 4.78 is 28.6. The molecule has 0 aliphatic carbocycles. The molecule has 1 fully saturated rings. The van der Waals surface area contributed by atoms with Gasteiger partial charge in [-0.05, 0) is 65.9 Å². The van der Waals surface area contributed by atoms with Crippen LogP contribution < -0.4 is 4.72 Å². The highest BCUT2D eigenvalue weighted by molar-refractivity contribution is 7.92. The van der Waals surface area contributed by atoms with Crippen LogP contribution in [-0.2, 0) is 21.4 Å². The first kappa shape index (κ1) is 23.3. The molecule has 3 aromatic rings. The average Bonchev–Trinajstić information content (AvgIpc) is 2.73. The highest BCUT2D eigenvalue weighted by Gasteiger charge is 2.32. The maximum atomic E-state index is 13.0. The van der Waals surface area contributed by atoms with E-state index in [0.717, 1.165) is 16.7 Å². The van der Waals surface area contributed by atoms with Crippen molar-refractivity contribution in [3.63, 3.8) is 0 Å². The molecule has 3 aromatic carbocycles. The maximum Gasteiger partial charge on any atom is 0.309 e. The Hall–Kier alpha value is -2.87. The number of benzene rings is 3. The predicted molar refractivity (Wildman–Crippen MR) is 130 cm³/mol. The van der Waals surface area contributed by atoms with Crippen LogP contribution in [0.2, 0.25) is 5.02 Å². The van der Waals surface area contributed by atoms with Crippen LogP contribution in [-0.4, -0.2) is 37.5 Å². The Kier molecular flexibility index (Phi) is 6.47. The van der Waals surface area contributed by atoms with Crippen molar-refractivity contribution in [3.05, 3.63) is 82.4 Å². The van der Waals surface area contributed by atoms with E-state index in [9.17, 15) is 13.2 Å². The molecule has 0 amide bonds. The van der Waals surface area contributed by atoms with E-state index in [1.54, 1.807) is 38.1 Å². The van der Waals surface area contributed by atoms with Gasteiger partial charge in [0.05, 0.1) is 10.8 Å². The molecule has 1 heterocycles. The van der Waals surface area contributed by atoms with Crippen LogP contribution in [0, 0.1) is 19.8 Å². The van der Waals surface area contributed by atoms with Crippen LogP contribution in [0.3, 0.4) is 0 Å². The van der Waals surface area contributed by atoms with Gasteiger partial charge in [-0.25, -0.2) is 8.42 Å². The fourth-order valence-corrected chi connectivity index (χ4v) is 5.51. The summed E-state index contributed by atoms with van der Waals surface area (Å²) in [7, 11) is -3.77. The Morgan fingerprint density at radius 3 is 2.39 bits per heavy atom. The van der Waals surface area contributed by atoms with Gasteiger partial charge >= 0.3 is 5.97 Å². The van der Waals surface area contributed by atoms with Gasteiger partial charge in [0.1, 0.15) is 0 Å². The van der Waals surface area contributed by atoms with E-state index in [1.807, 2.05) is 36.4 Å². The molecule has 6 nitrogen and oxygen atoms in total. The topological polar surface area (TPSA) is 86.7 Å². The van der Waals surface area contributed by atoms with Crippen LogP contribution in [0.1, 0.15) is 16.7 Å². The van der Waals surface area contributed by atoms with Crippen LogP contribution in [0.25, 0.3) is 11.1 Å². The molecule has 0 atom stereocenters. The van der Waals surface area contributed by atoms with Gasteiger partial charge in [-0.1, -0.05) is 48.0 Å². The van der Waals surface area contributed by atoms with Crippen LogP contribution >= 0.6 is 11.6 Å². The van der Waals surface area contributed by atoms with Crippen molar-refractivity contribution >= 4 is 33.3 Å². The third-order valence-corrected chi connectivity index (χ3v) is 7.79. The number of nitrogens with zero attached hydrogens (tertiary/aromatic N) is 1. The summed E-state index contributed by atoms with van der Waals surface area (Å²) in [5.74, 6) is -1.00. The van der Waals surface area contributed by atoms with Crippen molar-refractivity contribution < 1.29 is 18.3 Å². The molecular formula is C25H25ClN2O4S. The molecule has 4 rings (SSSR count). The summed E-state index contributed by atoms with van der Waals surface area (Å²) >= 11 is 6.11. The third kappa shape index (κ3) is 5.21. The molecule has 0 radical (unpaired) electrons. The van der Waals surface area contributed by atoms with Gasteiger partial charge < -0.3 is 5.11 Å². The average molecular weight is 485 g/mol. The highest BCUT2D eigenvalue weighted by atomic mass is 35.5. The number of carbonyl (C=O) groups is 1. The van der Waals surface area contributed by atoms with Crippen molar-refractivity contribution in [2.24, 2.45) is 5.92 Å². The van der Waals surface area contributed by atoms with Crippen molar-refractivity contribution in [2.45, 2.75) is 25.3 Å². The third-order valence-electron chi connectivity index (χ3n) is 5.86. The van der Waals surface area contributed by atoms with Gasteiger partial charge in [0.25, 0.3) is 10.0 Å². The summed E-state index contributed by atoms with van der Waals surface area (Å²) in [6.07, 6.45) is 0. The minimum Gasteiger partial charge on any atom is -0.481 e. The second-order valence-electron chi connectivity index (χ2n) is 8.48. The molecule has 0 aromatic heterocycles. The lowest BCUT2D eigenvalue weighted by molar-refractivity contribution is -0.147. The number of hydrogen-bond acceptors (Lipinski definition) is 4. The number of aryl methyl sites for hydroxylation is 2. The zero-order valence-electron chi connectivity index (χ0n) is 18.4. The lowest BCUT2D eigenvalue weighted by atomic mass is 9.98. The molecule has 33 heavy (non-hydrogen) atoms. The van der Waals surface area contributed by atoms with E-state index in [1.165, 1.54) is 0 Å². The Morgan fingerprint density at radius 2 is 1.73 bits per heavy atom. The first-order chi connectivity index (χ1) is 15.6. The number of rotatable bonds is 7. The number of nitrogens with one attached hydrogen (secondary N) is 1. The number of hydrogen-bond donors (Lipinski definition) is 2. The molecule has 1 aliphatic heterocycles. The van der Waals surface area contributed by atoms with Crippen LogP contribution in [0.5, 0.6) is 0 Å². The van der Waals surface area contributed by atoms with E-state index in [4.69, 9.17) is 16.7 Å². The summed E-state index contributed by atoms with van der Waals surface area (Å²) in [6.45, 7) is 5.36. The molecule has 1 aliphatic rings. The maximum absolute atomic E-state index is 13.0. The van der Waals surface area contributed by atoms with Crippen molar-refractivity contribution in [3.8, 4) is 11.1 Å². The van der Waals surface area contributed by atoms with E-state index < -0.39 is 16.0 Å². The van der Waals surface area contributed by atoms with Crippen molar-refractivity contribution in [2.75, 3.05) is 17.8 Å². The molecule has 172 valence electrons. The minimum atomic E-state index is -3.77. The summed E-state index contributed by atoms with van der Waals surface area (Å²) in [6, 6.07) is 18.5. The van der Waals surface area contributed by atoms with Gasteiger partial charge in [-0.2, -0.15) is 0 Å².